The minimum absolute atomic E-state index is 0.352. The minimum Gasteiger partial charge on any atom is -0.386 e. The normalized spacial score (nSPS) is 10.8. The van der Waals surface area contributed by atoms with Crippen molar-refractivity contribution in [2.45, 2.75) is 0 Å². The van der Waals surface area contributed by atoms with E-state index in [-0.39, 0.29) is 5.82 Å². The van der Waals surface area contributed by atoms with Crippen molar-refractivity contribution in [1.29, 1.82) is 0 Å². The second-order valence-corrected chi connectivity index (χ2v) is 3.89. The van der Waals surface area contributed by atoms with Crippen LogP contribution in [0.5, 0.6) is 0 Å². The first-order chi connectivity index (χ1) is 8.78. The average molecular weight is 242 g/mol. The smallest absolute Gasteiger partial charge is 0.182 e. The summed E-state index contributed by atoms with van der Waals surface area (Å²) in [5, 5.41) is 7.04. The maximum atomic E-state index is 13.6. The highest BCUT2D eigenvalue weighted by Gasteiger charge is 2.09. The van der Waals surface area contributed by atoms with Crippen molar-refractivity contribution in [2.24, 2.45) is 0 Å². The zero-order chi connectivity index (χ0) is 12.5. The van der Waals surface area contributed by atoms with Gasteiger partial charge in [0.2, 0.25) is 0 Å². The topological polar surface area (TPSA) is 42.2 Å². The van der Waals surface area contributed by atoms with Gasteiger partial charge in [0.25, 0.3) is 0 Å². The molecule has 0 spiro atoms. The number of aromatic nitrogens is 3. The molecule has 0 aliphatic carbocycles. The van der Waals surface area contributed by atoms with Crippen molar-refractivity contribution in [1.82, 2.24) is 14.6 Å². The Kier molecular flexibility index (Phi) is 2.44. The lowest BCUT2D eigenvalue weighted by Gasteiger charge is -2.00. The number of nitrogens with zero attached hydrogens (tertiary/aromatic N) is 3. The number of hydrogen-bond acceptors (Lipinski definition) is 3. The van der Waals surface area contributed by atoms with Crippen molar-refractivity contribution in [2.75, 3.05) is 12.4 Å². The first-order valence-corrected chi connectivity index (χ1v) is 5.57. The van der Waals surface area contributed by atoms with Gasteiger partial charge in [-0.05, 0) is 0 Å². The molecule has 90 valence electrons. The number of fused-ring (bicyclic) bond motifs is 1. The minimum atomic E-state index is -0.352. The van der Waals surface area contributed by atoms with E-state index < -0.39 is 0 Å². The third-order valence-electron chi connectivity index (χ3n) is 2.73. The summed E-state index contributed by atoms with van der Waals surface area (Å²) in [4.78, 5) is 4.38. The van der Waals surface area contributed by atoms with Crippen LogP contribution < -0.4 is 5.32 Å². The predicted molar refractivity (Wildman–Crippen MR) is 67.9 cm³/mol. The van der Waals surface area contributed by atoms with Gasteiger partial charge in [0.15, 0.2) is 17.3 Å². The molecular formula is C13H11FN4. The van der Waals surface area contributed by atoms with Crippen LogP contribution in [0.3, 0.4) is 0 Å². The van der Waals surface area contributed by atoms with Gasteiger partial charge < -0.3 is 5.32 Å². The molecule has 0 aliphatic rings. The van der Waals surface area contributed by atoms with Crippen molar-refractivity contribution >= 4 is 11.3 Å². The molecular weight excluding hydrogens is 231 g/mol. The van der Waals surface area contributed by atoms with Crippen LogP contribution >= 0.6 is 0 Å². The predicted octanol–water partition coefficient (Wildman–Crippen LogP) is 2.58. The maximum absolute atomic E-state index is 13.6. The van der Waals surface area contributed by atoms with Gasteiger partial charge in [0, 0.05) is 18.7 Å². The number of hydrogen-bond donors (Lipinski definition) is 1. The molecule has 18 heavy (non-hydrogen) atoms. The largest absolute Gasteiger partial charge is 0.386 e. The summed E-state index contributed by atoms with van der Waals surface area (Å²) in [6.45, 7) is 0. The maximum Gasteiger partial charge on any atom is 0.182 e. The Morgan fingerprint density at radius 2 is 2.00 bits per heavy atom. The molecule has 4 nitrogen and oxygen atoms in total. The van der Waals surface area contributed by atoms with Gasteiger partial charge in [-0.25, -0.2) is 13.9 Å². The quantitative estimate of drug-likeness (QED) is 0.751. The standard InChI is InChI=1S/C13H11FN4/c1-15-11-7-12-16-13(9-5-3-2-4-6-9)17-18(12)8-10(11)14/h2-8,15H,1H3. The van der Waals surface area contributed by atoms with E-state index in [2.05, 4.69) is 15.4 Å². The molecule has 0 unspecified atom stereocenters. The molecule has 3 aromatic rings. The van der Waals surface area contributed by atoms with Crippen LogP contribution in [0, 0.1) is 5.82 Å². The summed E-state index contributed by atoms with van der Waals surface area (Å²) < 4.78 is 15.0. The summed E-state index contributed by atoms with van der Waals surface area (Å²) in [7, 11) is 1.67. The zero-order valence-corrected chi connectivity index (χ0v) is 9.76. The Hall–Kier alpha value is -2.43. The molecule has 0 amide bonds. The Morgan fingerprint density at radius 3 is 2.72 bits per heavy atom. The number of anilines is 1. The molecule has 0 fully saturated rings. The van der Waals surface area contributed by atoms with Gasteiger partial charge in [0.05, 0.1) is 11.9 Å². The van der Waals surface area contributed by atoms with Crippen LogP contribution in [0.2, 0.25) is 0 Å². The fourth-order valence-electron chi connectivity index (χ4n) is 1.80. The van der Waals surface area contributed by atoms with E-state index in [1.807, 2.05) is 30.3 Å². The molecule has 0 bridgehead atoms. The van der Waals surface area contributed by atoms with E-state index in [0.29, 0.717) is 17.2 Å². The van der Waals surface area contributed by atoms with Crippen LogP contribution in [-0.2, 0) is 0 Å². The summed E-state index contributed by atoms with van der Waals surface area (Å²) in [6, 6.07) is 11.2. The molecule has 0 radical (unpaired) electrons. The number of halogens is 1. The first kappa shape index (κ1) is 10.7. The average Bonchev–Trinajstić information content (AvgIpc) is 2.81. The molecule has 5 heteroatoms. The number of nitrogens with one attached hydrogen (secondary N) is 1. The lowest BCUT2D eigenvalue weighted by atomic mass is 10.2. The third kappa shape index (κ3) is 1.69. The third-order valence-corrected chi connectivity index (χ3v) is 2.73. The Bertz CT molecular complexity index is 691. The number of rotatable bonds is 2. The van der Waals surface area contributed by atoms with Gasteiger partial charge in [0.1, 0.15) is 0 Å². The molecule has 2 heterocycles. The number of benzene rings is 1. The van der Waals surface area contributed by atoms with Gasteiger partial charge in [-0.3, -0.25) is 0 Å². The van der Waals surface area contributed by atoms with Crippen LogP contribution in [0.4, 0.5) is 10.1 Å². The summed E-state index contributed by atoms with van der Waals surface area (Å²) in [5.74, 6) is 0.234. The summed E-state index contributed by atoms with van der Waals surface area (Å²) in [5.41, 5.74) is 1.93. The Morgan fingerprint density at radius 1 is 1.22 bits per heavy atom. The second kappa shape index (κ2) is 4.10. The highest BCUT2D eigenvalue weighted by molar-refractivity contribution is 5.61. The summed E-state index contributed by atoms with van der Waals surface area (Å²) in [6.07, 6.45) is 1.32. The highest BCUT2D eigenvalue weighted by Crippen LogP contribution is 2.19. The van der Waals surface area contributed by atoms with Gasteiger partial charge in [-0.1, -0.05) is 30.3 Å². The van der Waals surface area contributed by atoms with E-state index in [0.717, 1.165) is 5.56 Å². The fraction of sp³-hybridized carbons (Fsp3) is 0.0769. The van der Waals surface area contributed by atoms with Crippen molar-refractivity contribution in [3.63, 3.8) is 0 Å². The lowest BCUT2D eigenvalue weighted by molar-refractivity contribution is 0.618. The van der Waals surface area contributed by atoms with Crippen LogP contribution in [-0.4, -0.2) is 21.6 Å². The first-order valence-electron chi connectivity index (χ1n) is 5.57. The molecule has 0 saturated carbocycles. The van der Waals surface area contributed by atoms with Crippen LogP contribution in [0.1, 0.15) is 0 Å². The Balaban J connectivity index is 2.17. The van der Waals surface area contributed by atoms with Crippen LogP contribution in [0.15, 0.2) is 42.6 Å². The van der Waals surface area contributed by atoms with E-state index in [4.69, 9.17) is 0 Å². The van der Waals surface area contributed by atoms with Crippen LogP contribution in [0.25, 0.3) is 17.0 Å². The fourth-order valence-corrected chi connectivity index (χ4v) is 1.80. The number of pyridine rings is 1. The summed E-state index contributed by atoms with van der Waals surface area (Å²) >= 11 is 0. The lowest BCUT2D eigenvalue weighted by Crippen LogP contribution is -1.96. The molecule has 1 N–H and O–H groups in total. The second-order valence-electron chi connectivity index (χ2n) is 3.89. The van der Waals surface area contributed by atoms with Gasteiger partial charge in [-0.2, -0.15) is 0 Å². The molecule has 0 saturated heterocycles. The molecule has 0 aliphatic heterocycles. The van der Waals surface area contributed by atoms with Gasteiger partial charge in [-0.15, -0.1) is 5.10 Å². The van der Waals surface area contributed by atoms with E-state index in [1.165, 1.54) is 10.7 Å². The van der Waals surface area contributed by atoms with E-state index >= 15 is 0 Å². The SMILES string of the molecule is CNc1cc2nc(-c3ccccc3)nn2cc1F. The molecule has 0 atom stereocenters. The Labute approximate surface area is 103 Å². The van der Waals surface area contributed by atoms with E-state index in [9.17, 15) is 4.39 Å². The monoisotopic (exact) mass is 242 g/mol. The molecule has 2 aromatic heterocycles. The van der Waals surface area contributed by atoms with Gasteiger partial charge >= 0.3 is 0 Å². The van der Waals surface area contributed by atoms with Crippen molar-refractivity contribution < 1.29 is 4.39 Å². The van der Waals surface area contributed by atoms with E-state index in [1.54, 1.807) is 13.1 Å². The molecule has 1 aromatic carbocycles. The molecule has 3 rings (SSSR count). The van der Waals surface area contributed by atoms with Crippen molar-refractivity contribution in [3.8, 4) is 11.4 Å². The van der Waals surface area contributed by atoms with Crippen molar-refractivity contribution in [3.05, 3.63) is 48.4 Å². The highest BCUT2D eigenvalue weighted by atomic mass is 19.1. The zero-order valence-electron chi connectivity index (χ0n) is 9.76.